The number of nitrogens with one attached hydrogen (secondary N) is 1. The third kappa shape index (κ3) is 4.67. The van der Waals surface area contributed by atoms with Crippen LogP contribution >= 0.6 is 0 Å². The molecule has 4 rings (SSSR count). The number of nitrogens with zero attached hydrogens (tertiary/aromatic N) is 5. The molecule has 0 atom stereocenters. The molecule has 4 aromatic rings. The Bertz CT molecular complexity index is 1250. The van der Waals surface area contributed by atoms with E-state index in [9.17, 15) is 14.9 Å². The number of nitro groups is 1. The molecule has 1 N–H and O–H groups in total. The summed E-state index contributed by atoms with van der Waals surface area (Å²) in [5, 5.41) is 14.1. The lowest BCUT2D eigenvalue weighted by molar-refractivity contribution is -0.383. The number of aromatic nitrogens is 4. The maximum absolute atomic E-state index is 12.7. The van der Waals surface area contributed by atoms with E-state index in [1.807, 2.05) is 10.8 Å². The van der Waals surface area contributed by atoms with Gasteiger partial charge in [0.25, 0.3) is 5.69 Å². The van der Waals surface area contributed by atoms with E-state index >= 15 is 0 Å². The Morgan fingerprint density at radius 3 is 2.81 bits per heavy atom. The molecule has 0 aliphatic rings. The molecule has 1 amide bonds. The Morgan fingerprint density at radius 2 is 2.06 bits per heavy atom. The van der Waals surface area contributed by atoms with Crippen LogP contribution in [-0.4, -0.2) is 43.6 Å². The second-order valence-electron chi connectivity index (χ2n) is 6.87. The van der Waals surface area contributed by atoms with Crippen LogP contribution in [0.1, 0.15) is 0 Å². The number of fused-ring (bicyclic) bond motifs is 1. The van der Waals surface area contributed by atoms with Crippen LogP contribution in [0, 0.1) is 10.1 Å². The number of ether oxygens (including phenoxy) is 2. The molecule has 164 valence electrons. The maximum atomic E-state index is 12.7. The topological polar surface area (TPSA) is 126 Å². The molecule has 0 saturated carbocycles. The average molecular weight is 436 g/mol. The first-order chi connectivity index (χ1) is 15.5. The van der Waals surface area contributed by atoms with Gasteiger partial charge in [-0.2, -0.15) is 0 Å². The highest BCUT2D eigenvalue weighted by Crippen LogP contribution is 2.27. The molecule has 0 unspecified atom stereocenters. The van der Waals surface area contributed by atoms with Gasteiger partial charge in [0.2, 0.25) is 5.91 Å². The second kappa shape index (κ2) is 9.16. The first kappa shape index (κ1) is 20.8. The molecule has 2 heterocycles. The van der Waals surface area contributed by atoms with Crippen molar-refractivity contribution in [1.82, 2.24) is 19.1 Å². The number of para-hydroxylation sites is 1. The summed E-state index contributed by atoms with van der Waals surface area (Å²) >= 11 is 0. The lowest BCUT2D eigenvalue weighted by Gasteiger charge is -2.12. The van der Waals surface area contributed by atoms with Gasteiger partial charge in [0.05, 0.1) is 36.7 Å². The first-order valence-electron chi connectivity index (χ1n) is 9.69. The fraction of sp³-hybridized carbons (Fsp3) is 0.190. The summed E-state index contributed by atoms with van der Waals surface area (Å²) in [7, 11) is 1.52. The van der Waals surface area contributed by atoms with Crippen molar-refractivity contribution < 1.29 is 19.2 Å². The molecular formula is C21H20N6O5. The number of non-ortho nitro benzene ring substituents is 1. The van der Waals surface area contributed by atoms with Crippen LogP contribution in [0.2, 0.25) is 0 Å². The Labute approximate surface area is 182 Å². The van der Waals surface area contributed by atoms with Gasteiger partial charge in [0, 0.05) is 42.3 Å². The summed E-state index contributed by atoms with van der Waals surface area (Å²) < 4.78 is 14.4. The van der Waals surface area contributed by atoms with Gasteiger partial charge in [-0.05, 0) is 6.07 Å². The second-order valence-corrected chi connectivity index (χ2v) is 6.87. The quantitative estimate of drug-likeness (QED) is 0.316. The minimum Gasteiger partial charge on any atom is -0.497 e. The van der Waals surface area contributed by atoms with Gasteiger partial charge >= 0.3 is 0 Å². The number of hydrogen-bond donors (Lipinski definition) is 1. The predicted octanol–water partition coefficient (Wildman–Crippen LogP) is 2.87. The molecule has 11 nitrogen and oxygen atoms in total. The number of benzene rings is 2. The Balaban J connectivity index is 1.47. The predicted molar refractivity (Wildman–Crippen MR) is 116 cm³/mol. The lowest BCUT2D eigenvalue weighted by atomic mass is 10.2. The normalized spacial score (nSPS) is 10.8. The summed E-state index contributed by atoms with van der Waals surface area (Å²) in [5.74, 6) is 0.674. The zero-order chi connectivity index (χ0) is 22.5. The van der Waals surface area contributed by atoms with Crippen molar-refractivity contribution in [2.75, 3.05) is 19.0 Å². The minimum atomic E-state index is -0.492. The zero-order valence-electron chi connectivity index (χ0n) is 17.2. The zero-order valence-corrected chi connectivity index (χ0v) is 17.2. The van der Waals surface area contributed by atoms with Crippen molar-refractivity contribution >= 4 is 28.3 Å². The molecule has 0 aliphatic carbocycles. The highest BCUT2D eigenvalue weighted by atomic mass is 16.6. The number of imidazole rings is 2. The van der Waals surface area contributed by atoms with E-state index in [2.05, 4.69) is 15.3 Å². The standard InChI is InChI=1S/C21H20N6O5/c1-31-16-9-15(10-17(11-16)32-8-7-25-6-5-22-13-25)24-20(28)12-26-14-23-18-3-2-4-19(21(18)26)27(29)30/h2-6,9-11,13-14H,7-8,12H2,1H3,(H,24,28). The summed E-state index contributed by atoms with van der Waals surface area (Å²) in [5.41, 5.74) is 1.11. The summed E-state index contributed by atoms with van der Waals surface area (Å²) in [6, 6.07) is 9.66. The van der Waals surface area contributed by atoms with Crippen LogP contribution in [0.4, 0.5) is 11.4 Å². The van der Waals surface area contributed by atoms with Crippen LogP contribution < -0.4 is 14.8 Å². The van der Waals surface area contributed by atoms with Gasteiger partial charge in [-0.25, -0.2) is 9.97 Å². The SMILES string of the molecule is COc1cc(NC(=O)Cn2cnc3cccc([N+](=O)[O-])c32)cc(OCCn2ccnc2)c1. The fourth-order valence-electron chi connectivity index (χ4n) is 3.26. The van der Waals surface area contributed by atoms with Crippen LogP contribution in [0.5, 0.6) is 11.5 Å². The number of amides is 1. The van der Waals surface area contributed by atoms with Crippen molar-refractivity contribution in [3.8, 4) is 11.5 Å². The van der Waals surface area contributed by atoms with E-state index in [0.29, 0.717) is 41.4 Å². The molecule has 0 fully saturated rings. The molecule has 2 aromatic heterocycles. The van der Waals surface area contributed by atoms with Crippen molar-refractivity contribution in [2.24, 2.45) is 0 Å². The van der Waals surface area contributed by atoms with Crippen LogP contribution in [-0.2, 0) is 17.9 Å². The number of anilines is 1. The van der Waals surface area contributed by atoms with E-state index < -0.39 is 4.92 Å². The van der Waals surface area contributed by atoms with E-state index in [4.69, 9.17) is 9.47 Å². The van der Waals surface area contributed by atoms with Crippen LogP contribution in [0.15, 0.2) is 61.4 Å². The van der Waals surface area contributed by atoms with Crippen molar-refractivity contribution in [3.05, 3.63) is 71.6 Å². The first-order valence-corrected chi connectivity index (χ1v) is 9.69. The van der Waals surface area contributed by atoms with E-state index in [-0.39, 0.29) is 18.1 Å². The van der Waals surface area contributed by atoms with Crippen LogP contribution in [0.25, 0.3) is 11.0 Å². The van der Waals surface area contributed by atoms with Crippen molar-refractivity contribution in [1.29, 1.82) is 0 Å². The number of methoxy groups -OCH3 is 1. The smallest absolute Gasteiger partial charge is 0.295 e. The van der Waals surface area contributed by atoms with Gasteiger partial charge < -0.3 is 23.9 Å². The summed E-state index contributed by atoms with van der Waals surface area (Å²) in [6.45, 7) is 0.877. The summed E-state index contributed by atoms with van der Waals surface area (Å²) in [4.78, 5) is 31.6. The minimum absolute atomic E-state index is 0.109. The molecular weight excluding hydrogens is 416 g/mol. The molecule has 0 radical (unpaired) electrons. The fourth-order valence-corrected chi connectivity index (χ4v) is 3.26. The number of rotatable bonds is 9. The van der Waals surface area contributed by atoms with E-state index in [1.165, 1.54) is 24.1 Å². The van der Waals surface area contributed by atoms with E-state index in [1.54, 1.807) is 42.9 Å². The lowest BCUT2D eigenvalue weighted by Crippen LogP contribution is -2.18. The van der Waals surface area contributed by atoms with Gasteiger partial charge in [-0.15, -0.1) is 0 Å². The number of carbonyl (C=O) groups is 1. The highest BCUT2D eigenvalue weighted by Gasteiger charge is 2.18. The third-order valence-electron chi connectivity index (χ3n) is 4.70. The molecule has 0 bridgehead atoms. The molecule has 2 aromatic carbocycles. The number of nitro benzene ring substituents is 1. The highest BCUT2D eigenvalue weighted by molar-refractivity contribution is 5.93. The van der Waals surface area contributed by atoms with Gasteiger partial charge in [-0.3, -0.25) is 14.9 Å². The molecule has 0 aliphatic heterocycles. The number of hydrogen-bond acceptors (Lipinski definition) is 7. The van der Waals surface area contributed by atoms with Crippen molar-refractivity contribution in [3.63, 3.8) is 0 Å². The van der Waals surface area contributed by atoms with Crippen LogP contribution in [0.3, 0.4) is 0 Å². The molecule has 32 heavy (non-hydrogen) atoms. The maximum Gasteiger partial charge on any atom is 0.295 e. The largest absolute Gasteiger partial charge is 0.497 e. The number of carbonyl (C=O) groups excluding carboxylic acids is 1. The van der Waals surface area contributed by atoms with Gasteiger partial charge in [0.1, 0.15) is 30.2 Å². The molecule has 0 spiro atoms. The summed E-state index contributed by atoms with van der Waals surface area (Å²) in [6.07, 6.45) is 6.64. The third-order valence-corrected chi connectivity index (χ3v) is 4.70. The Morgan fingerprint density at radius 1 is 1.22 bits per heavy atom. The Kier molecular flexibility index (Phi) is 5.97. The van der Waals surface area contributed by atoms with Gasteiger partial charge in [0.15, 0.2) is 0 Å². The van der Waals surface area contributed by atoms with E-state index in [0.717, 1.165) is 0 Å². The van der Waals surface area contributed by atoms with Crippen molar-refractivity contribution in [2.45, 2.75) is 13.1 Å². The monoisotopic (exact) mass is 436 g/mol. The molecule has 0 saturated heterocycles. The Hall–Kier alpha value is -4.41. The molecule has 11 heteroatoms. The van der Waals surface area contributed by atoms with Gasteiger partial charge in [-0.1, -0.05) is 6.07 Å². The average Bonchev–Trinajstić information content (AvgIpc) is 3.43.